The van der Waals surface area contributed by atoms with Crippen molar-refractivity contribution in [2.24, 2.45) is 5.92 Å². The van der Waals surface area contributed by atoms with E-state index in [0.717, 1.165) is 35.2 Å². The predicted octanol–water partition coefficient (Wildman–Crippen LogP) is 3.39. The number of halogens is 1. The smallest absolute Gasteiger partial charge is 0.135 e. The van der Waals surface area contributed by atoms with Gasteiger partial charge in [0.25, 0.3) is 0 Å². The van der Waals surface area contributed by atoms with Crippen molar-refractivity contribution in [1.82, 2.24) is 9.78 Å². The highest BCUT2D eigenvalue weighted by Crippen LogP contribution is 2.25. The monoisotopic (exact) mass is 300 g/mol. The van der Waals surface area contributed by atoms with Gasteiger partial charge in [0.05, 0.1) is 15.9 Å². The number of nitrogens with zero attached hydrogens (tertiary/aromatic N) is 2. The van der Waals surface area contributed by atoms with Crippen LogP contribution in [0.15, 0.2) is 4.47 Å². The summed E-state index contributed by atoms with van der Waals surface area (Å²) < 4.78 is 3.08. The maximum absolute atomic E-state index is 11.7. The van der Waals surface area contributed by atoms with E-state index in [4.69, 9.17) is 0 Å². The zero-order valence-corrected chi connectivity index (χ0v) is 12.7. The fourth-order valence-electron chi connectivity index (χ4n) is 1.96. The quantitative estimate of drug-likeness (QED) is 0.807. The van der Waals surface area contributed by atoms with Gasteiger partial charge in [-0.1, -0.05) is 20.8 Å². The molecule has 0 aliphatic carbocycles. The zero-order chi connectivity index (χ0) is 13.0. The van der Waals surface area contributed by atoms with Crippen LogP contribution in [0.5, 0.6) is 0 Å². The molecule has 0 aliphatic rings. The number of carbonyl (C=O) groups is 1. The van der Waals surface area contributed by atoms with Crippen LogP contribution in [0.3, 0.4) is 0 Å². The molecule has 1 heterocycles. The van der Waals surface area contributed by atoms with Gasteiger partial charge in [0.1, 0.15) is 5.78 Å². The Bertz CT molecular complexity index is 398. The lowest BCUT2D eigenvalue weighted by molar-refractivity contribution is -0.122. The number of aryl methyl sites for hydroxylation is 2. The van der Waals surface area contributed by atoms with Crippen LogP contribution in [0.4, 0.5) is 0 Å². The molecule has 3 nitrogen and oxygen atoms in total. The van der Waals surface area contributed by atoms with E-state index in [0.29, 0.717) is 12.2 Å². The number of carbonyl (C=O) groups excluding carboxylic acids is 1. The van der Waals surface area contributed by atoms with E-state index in [1.807, 2.05) is 18.5 Å². The van der Waals surface area contributed by atoms with Crippen molar-refractivity contribution in [2.45, 2.75) is 53.5 Å². The van der Waals surface area contributed by atoms with Crippen molar-refractivity contribution in [3.63, 3.8) is 0 Å². The molecule has 4 heteroatoms. The molecule has 0 saturated heterocycles. The summed E-state index contributed by atoms with van der Waals surface area (Å²) in [5.74, 6) is 0.391. The number of hydrogen-bond acceptors (Lipinski definition) is 2. The number of Topliss-reactive ketones (excluding diaryl/α,β-unsaturated/α-hetero) is 1. The Hall–Kier alpha value is -0.640. The average Bonchev–Trinajstić information content (AvgIpc) is 2.65. The number of aromatic nitrogens is 2. The Morgan fingerprint density at radius 1 is 1.41 bits per heavy atom. The molecule has 0 bridgehead atoms. The van der Waals surface area contributed by atoms with Crippen LogP contribution < -0.4 is 0 Å². The van der Waals surface area contributed by atoms with Gasteiger partial charge in [-0.05, 0) is 35.7 Å². The fourth-order valence-corrected chi connectivity index (χ4v) is 2.69. The maximum atomic E-state index is 11.7. The molecule has 0 N–H and O–H groups in total. The molecule has 0 spiro atoms. The first-order valence-electron chi connectivity index (χ1n) is 6.31. The van der Waals surface area contributed by atoms with Crippen LogP contribution in [0.2, 0.25) is 0 Å². The highest BCUT2D eigenvalue weighted by molar-refractivity contribution is 9.10. The molecule has 0 amide bonds. The standard InChI is InChI=1S/C13H21BrN2O/c1-5-10-13(14)11(16(7-3)15-10)8-9(4)12(17)6-2/h9H,5-8H2,1-4H3. The molecule has 1 rings (SSSR count). The second-order valence-corrected chi connectivity index (χ2v) is 5.09. The molecule has 0 aromatic carbocycles. The molecule has 1 aromatic rings. The molecule has 0 saturated carbocycles. The third-order valence-electron chi connectivity index (χ3n) is 3.09. The zero-order valence-electron chi connectivity index (χ0n) is 11.1. The van der Waals surface area contributed by atoms with E-state index in [9.17, 15) is 4.79 Å². The van der Waals surface area contributed by atoms with Crippen LogP contribution in [-0.4, -0.2) is 15.6 Å². The summed E-state index contributed by atoms with van der Waals surface area (Å²) in [5.41, 5.74) is 2.23. The van der Waals surface area contributed by atoms with Crippen LogP contribution in [0.1, 0.15) is 45.5 Å². The lowest BCUT2D eigenvalue weighted by Crippen LogP contribution is -2.15. The summed E-state index contributed by atoms with van der Waals surface area (Å²) in [4.78, 5) is 11.7. The van der Waals surface area contributed by atoms with Crippen molar-refractivity contribution >= 4 is 21.7 Å². The Morgan fingerprint density at radius 2 is 2.06 bits per heavy atom. The second-order valence-electron chi connectivity index (χ2n) is 4.30. The SMILES string of the molecule is CCC(=O)C(C)Cc1c(Br)c(CC)nn1CC. The first-order chi connectivity index (χ1) is 8.04. The van der Waals surface area contributed by atoms with Gasteiger partial charge in [-0.15, -0.1) is 0 Å². The molecular weight excluding hydrogens is 280 g/mol. The minimum Gasteiger partial charge on any atom is -0.299 e. The van der Waals surface area contributed by atoms with Crippen molar-refractivity contribution in [3.05, 3.63) is 15.9 Å². The summed E-state index contributed by atoms with van der Waals surface area (Å²) in [5, 5.41) is 4.54. The molecular formula is C13H21BrN2O. The van der Waals surface area contributed by atoms with Crippen LogP contribution in [0.25, 0.3) is 0 Å². The van der Waals surface area contributed by atoms with Crippen LogP contribution in [-0.2, 0) is 24.2 Å². The number of rotatable bonds is 6. The Kier molecular flexibility index (Phi) is 5.37. The molecule has 0 aliphatic heterocycles. The third-order valence-corrected chi connectivity index (χ3v) is 4.01. The molecule has 1 atom stereocenters. The van der Waals surface area contributed by atoms with Crippen molar-refractivity contribution in [2.75, 3.05) is 0 Å². The van der Waals surface area contributed by atoms with Crippen LogP contribution >= 0.6 is 15.9 Å². The summed E-state index contributed by atoms with van der Waals surface area (Å²) in [6.07, 6.45) is 2.30. The topological polar surface area (TPSA) is 34.9 Å². The highest BCUT2D eigenvalue weighted by Gasteiger charge is 2.19. The van der Waals surface area contributed by atoms with E-state index < -0.39 is 0 Å². The van der Waals surface area contributed by atoms with Gasteiger partial charge in [0, 0.05) is 18.9 Å². The third kappa shape index (κ3) is 3.18. The molecule has 1 unspecified atom stereocenters. The van der Waals surface area contributed by atoms with E-state index in [2.05, 4.69) is 34.9 Å². The van der Waals surface area contributed by atoms with Gasteiger partial charge in [0.15, 0.2) is 0 Å². The lowest BCUT2D eigenvalue weighted by Gasteiger charge is -2.11. The van der Waals surface area contributed by atoms with E-state index >= 15 is 0 Å². The Labute approximate surface area is 112 Å². The normalized spacial score (nSPS) is 12.8. The number of ketones is 1. The van der Waals surface area contributed by atoms with Gasteiger partial charge in [-0.3, -0.25) is 9.48 Å². The molecule has 0 radical (unpaired) electrons. The Balaban J connectivity index is 2.96. The van der Waals surface area contributed by atoms with Crippen molar-refractivity contribution in [3.8, 4) is 0 Å². The molecule has 0 fully saturated rings. The highest BCUT2D eigenvalue weighted by atomic mass is 79.9. The van der Waals surface area contributed by atoms with Gasteiger partial charge in [0.2, 0.25) is 0 Å². The first-order valence-corrected chi connectivity index (χ1v) is 7.11. The molecule has 1 aromatic heterocycles. The van der Waals surface area contributed by atoms with Gasteiger partial charge >= 0.3 is 0 Å². The maximum Gasteiger partial charge on any atom is 0.135 e. The predicted molar refractivity (Wildman–Crippen MR) is 73.1 cm³/mol. The molecule has 96 valence electrons. The Morgan fingerprint density at radius 3 is 2.53 bits per heavy atom. The second kappa shape index (κ2) is 6.34. The van der Waals surface area contributed by atoms with Gasteiger partial charge in [-0.2, -0.15) is 5.10 Å². The van der Waals surface area contributed by atoms with E-state index in [1.54, 1.807) is 0 Å². The van der Waals surface area contributed by atoms with E-state index in [-0.39, 0.29) is 5.92 Å². The minimum absolute atomic E-state index is 0.0722. The summed E-state index contributed by atoms with van der Waals surface area (Å²) in [6, 6.07) is 0. The fraction of sp³-hybridized carbons (Fsp3) is 0.692. The molecule has 17 heavy (non-hydrogen) atoms. The van der Waals surface area contributed by atoms with Crippen LogP contribution in [0, 0.1) is 5.92 Å². The van der Waals surface area contributed by atoms with E-state index in [1.165, 1.54) is 0 Å². The summed E-state index contributed by atoms with van der Waals surface area (Å²) in [7, 11) is 0. The first kappa shape index (κ1) is 14.4. The average molecular weight is 301 g/mol. The van der Waals surface area contributed by atoms with Gasteiger partial charge in [-0.25, -0.2) is 0 Å². The van der Waals surface area contributed by atoms with Crippen molar-refractivity contribution in [1.29, 1.82) is 0 Å². The minimum atomic E-state index is 0.0722. The van der Waals surface area contributed by atoms with Gasteiger partial charge < -0.3 is 0 Å². The summed E-state index contributed by atoms with van der Waals surface area (Å²) >= 11 is 3.61. The van der Waals surface area contributed by atoms with Crippen molar-refractivity contribution < 1.29 is 4.79 Å². The lowest BCUT2D eigenvalue weighted by atomic mass is 9.98. The summed E-state index contributed by atoms with van der Waals surface area (Å²) in [6.45, 7) is 8.94. The largest absolute Gasteiger partial charge is 0.299 e. The number of hydrogen-bond donors (Lipinski definition) is 0.